The van der Waals surface area contributed by atoms with E-state index in [-0.39, 0.29) is 18.4 Å². The molecular formula is C23H20ClN5O2. The first-order valence-electron chi connectivity index (χ1n) is 9.67. The van der Waals surface area contributed by atoms with E-state index >= 15 is 0 Å². The molecule has 0 radical (unpaired) electrons. The van der Waals surface area contributed by atoms with Crippen molar-refractivity contribution < 1.29 is 9.59 Å². The molecule has 8 heteroatoms. The predicted molar refractivity (Wildman–Crippen MR) is 122 cm³/mol. The molecule has 1 heterocycles. The van der Waals surface area contributed by atoms with Gasteiger partial charge in [-0.3, -0.25) is 14.7 Å². The van der Waals surface area contributed by atoms with Crippen molar-refractivity contribution in [1.82, 2.24) is 15.5 Å². The van der Waals surface area contributed by atoms with Crippen LogP contribution in [0.15, 0.2) is 72.9 Å². The van der Waals surface area contributed by atoms with Crippen molar-refractivity contribution >= 4 is 45.7 Å². The van der Waals surface area contributed by atoms with E-state index in [0.29, 0.717) is 22.8 Å². The third-order valence-electron chi connectivity index (χ3n) is 4.75. The average molecular weight is 434 g/mol. The lowest BCUT2D eigenvalue weighted by atomic mass is 10.1. The Morgan fingerprint density at radius 2 is 1.77 bits per heavy atom. The molecule has 7 nitrogen and oxygen atoms in total. The number of hydrogen-bond acceptors (Lipinski definition) is 4. The lowest BCUT2D eigenvalue weighted by Crippen LogP contribution is -2.26. The molecule has 0 spiro atoms. The third kappa shape index (κ3) is 5.02. The molecule has 0 atom stereocenters. The number of rotatable bonds is 7. The van der Waals surface area contributed by atoms with Crippen molar-refractivity contribution in [2.45, 2.75) is 6.54 Å². The van der Waals surface area contributed by atoms with Crippen molar-refractivity contribution in [3.05, 3.63) is 89.1 Å². The molecule has 0 aliphatic heterocycles. The van der Waals surface area contributed by atoms with E-state index in [1.54, 1.807) is 54.7 Å². The number of nitrogens with one attached hydrogen (secondary N) is 4. The summed E-state index contributed by atoms with van der Waals surface area (Å²) < 4.78 is 0. The molecule has 4 N–H and O–H groups in total. The quantitative estimate of drug-likeness (QED) is 0.351. The van der Waals surface area contributed by atoms with Crippen molar-refractivity contribution in [3.63, 3.8) is 0 Å². The van der Waals surface area contributed by atoms with Gasteiger partial charge in [0.05, 0.1) is 29.5 Å². The van der Waals surface area contributed by atoms with Gasteiger partial charge in [0, 0.05) is 22.6 Å². The first kappa shape index (κ1) is 20.4. The lowest BCUT2D eigenvalue weighted by molar-refractivity contribution is -0.114. The number of carbonyl (C=O) groups is 2. The molecule has 2 amide bonds. The summed E-state index contributed by atoms with van der Waals surface area (Å²) >= 11 is 5.87. The molecule has 156 valence electrons. The molecule has 0 aliphatic rings. The highest BCUT2D eigenvalue weighted by Crippen LogP contribution is 2.18. The maximum atomic E-state index is 12.8. The van der Waals surface area contributed by atoms with Gasteiger partial charge in [-0.05, 0) is 42.0 Å². The minimum absolute atomic E-state index is 0.0550. The molecule has 4 rings (SSSR count). The first-order chi connectivity index (χ1) is 15.1. The van der Waals surface area contributed by atoms with Crippen LogP contribution in [-0.4, -0.2) is 28.6 Å². The summed E-state index contributed by atoms with van der Waals surface area (Å²) in [5.74, 6) is -0.546. The summed E-state index contributed by atoms with van der Waals surface area (Å²) in [4.78, 5) is 25.2. The number of nitrogens with zero attached hydrogens (tertiary/aromatic N) is 1. The van der Waals surface area contributed by atoms with Crippen LogP contribution >= 0.6 is 11.6 Å². The van der Waals surface area contributed by atoms with Crippen LogP contribution in [0, 0.1) is 0 Å². The average Bonchev–Trinajstić information content (AvgIpc) is 3.27. The standard InChI is InChI=1S/C23H20ClN5O2/c24-17-8-10-18(11-9-17)25-14-21(30)28-20-7-2-1-6-19(20)23(31)26-12-15-4-3-5-16-13-27-29-22(15)16/h1-11,13,25H,12,14H2,(H,26,31)(H,27,29)(H,28,30). The Labute approximate surface area is 183 Å². The number of aromatic nitrogens is 2. The van der Waals surface area contributed by atoms with Gasteiger partial charge >= 0.3 is 0 Å². The normalized spacial score (nSPS) is 10.6. The Morgan fingerprint density at radius 1 is 0.968 bits per heavy atom. The highest BCUT2D eigenvalue weighted by Gasteiger charge is 2.13. The molecule has 0 bridgehead atoms. The maximum absolute atomic E-state index is 12.8. The highest BCUT2D eigenvalue weighted by atomic mass is 35.5. The number of carbonyl (C=O) groups excluding carboxylic acids is 2. The van der Waals surface area contributed by atoms with Crippen LogP contribution in [0.2, 0.25) is 5.02 Å². The second-order valence-corrected chi connectivity index (χ2v) is 7.32. The molecule has 0 aliphatic carbocycles. The van der Waals surface area contributed by atoms with Crippen LogP contribution < -0.4 is 16.0 Å². The zero-order valence-corrected chi connectivity index (χ0v) is 17.2. The molecule has 3 aromatic carbocycles. The summed E-state index contributed by atoms with van der Waals surface area (Å²) in [6.07, 6.45) is 1.74. The molecule has 0 fully saturated rings. The van der Waals surface area contributed by atoms with Gasteiger partial charge in [-0.2, -0.15) is 5.10 Å². The summed E-state index contributed by atoms with van der Waals surface area (Å²) in [7, 11) is 0. The van der Waals surface area contributed by atoms with E-state index in [0.717, 1.165) is 22.2 Å². The van der Waals surface area contributed by atoms with E-state index in [2.05, 4.69) is 26.1 Å². The van der Waals surface area contributed by atoms with Crippen LogP contribution in [0.4, 0.5) is 11.4 Å². The molecule has 0 unspecified atom stereocenters. The van der Waals surface area contributed by atoms with Gasteiger partial charge in [0.2, 0.25) is 5.91 Å². The van der Waals surface area contributed by atoms with Gasteiger partial charge in [0.25, 0.3) is 5.91 Å². The number of hydrogen-bond donors (Lipinski definition) is 4. The lowest BCUT2D eigenvalue weighted by Gasteiger charge is -2.12. The zero-order chi connectivity index (χ0) is 21.6. The van der Waals surface area contributed by atoms with Gasteiger partial charge in [-0.1, -0.05) is 41.9 Å². The Kier molecular flexibility index (Phi) is 6.14. The van der Waals surface area contributed by atoms with E-state index in [9.17, 15) is 9.59 Å². The van der Waals surface area contributed by atoms with Crippen LogP contribution in [0.5, 0.6) is 0 Å². The number of anilines is 2. The van der Waals surface area contributed by atoms with E-state index in [1.807, 2.05) is 18.2 Å². The highest BCUT2D eigenvalue weighted by molar-refractivity contribution is 6.30. The minimum atomic E-state index is -0.280. The monoisotopic (exact) mass is 433 g/mol. The molecular weight excluding hydrogens is 414 g/mol. The summed E-state index contributed by atoms with van der Waals surface area (Å²) in [5.41, 5.74) is 3.43. The second-order valence-electron chi connectivity index (χ2n) is 6.89. The van der Waals surface area contributed by atoms with Gasteiger partial charge < -0.3 is 16.0 Å². The molecule has 4 aromatic rings. The fourth-order valence-electron chi connectivity index (χ4n) is 3.18. The van der Waals surface area contributed by atoms with E-state index in [4.69, 9.17) is 11.6 Å². The van der Waals surface area contributed by atoms with Gasteiger partial charge in [-0.15, -0.1) is 0 Å². The van der Waals surface area contributed by atoms with Gasteiger partial charge in [-0.25, -0.2) is 0 Å². The third-order valence-corrected chi connectivity index (χ3v) is 5.00. The van der Waals surface area contributed by atoms with Gasteiger partial charge in [0.15, 0.2) is 0 Å². The molecule has 0 saturated carbocycles. The van der Waals surface area contributed by atoms with Crippen molar-refractivity contribution in [2.75, 3.05) is 17.2 Å². The Bertz CT molecular complexity index is 1220. The SMILES string of the molecule is O=C(CNc1ccc(Cl)cc1)Nc1ccccc1C(=O)NCc1cccc2cn[nH]c12. The molecule has 1 aromatic heterocycles. The zero-order valence-electron chi connectivity index (χ0n) is 16.5. The minimum Gasteiger partial charge on any atom is -0.376 e. The van der Waals surface area contributed by atoms with Crippen LogP contribution in [0.25, 0.3) is 10.9 Å². The Balaban J connectivity index is 1.39. The van der Waals surface area contributed by atoms with Crippen LogP contribution in [-0.2, 0) is 11.3 Å². The largest absolute Gasteiger partial charge is 0.376 e. The van der Waals surface area contributed by atoms with Crippen LogP contribution in [0.1, 0.15) is 15.9 Å². The first-order valence-corrected chi connectivity index (χ1v) is 10.1. The molecule has 31 heavy (non-hydrogen) atoms. The van der Waals surface area contributed by atoms with Crippen LogP contribution in [0.3, 0.4) is 0 Å². The number of fused-ring (bicyclic) bond motifs is 1. The summed E-state index contributed by atoms with van der Waals surface area (Å²) in [6.45, 7) is 0.387. The number of benzene rings is 3. The number of H-pyrrole nitrogens is 1. The summed E-state index contributed by atoms with van der Waals surface area (Å²) in [5, 5.41) is 17.3. The van der Waals surface area contributed by atoms with Crippen molar-refractivity contribution in [1.29, 1.82) is 0 Å². The number of halogens is 1. The van der Waals surface area contributed by atoms with E-state index in [1.165, 1.54) is 0 Å². The Morgan fingerprint density at radius 3 is 2.61 bits per heavy atom. The fourth-order valence-corrected chi connectivity index (χ4v) is 3.31. The smallest absolute Gasteiger partial charge is 0.253 e. The fraction of sp³-hybridized carbons (Fsp3) is 0.0870. The maximum Gasteiger partial charge on any atom is 0.253 e. The van der Waals surface area contributed by atoms with Gasteiger partial charge in [0.1, 0.15) is 0 Å². The summed E-state index contributed by atoms with van der Waals surface area (Å²) in [6, 6.07) is 19.8. The molecule has 0 saturated heterocycles. The van der Waals surface area contributed by atoms with E-state index < -0.39 is 0 Å². The topological polar surface area (TPSA) is 98.9 Å². The predicted octanol–water partition coefficient (Wildman–Crippen LogP) is 4.20. The number of amides is 2. The van der Waals surface area contributed by atoms with Crippen molar-refractivity contribution in [3.8, 4) is 0 Å². The number of para-hydroxylation sites is 2. The van der Waals surface area contributed by atoms with Crippen molar-refractivity contribution in [2.24, 2.45) is 0 Å². The Hall–Kier alpha value is -3.84. The second kappa shape index (κ2) is 9.32. The number of aromatic amines is 1.